The van der Waals surface area contributed by atoms with E-state index in [0.29, 0.717) is 25.2 Å². The van der Waals surface area contributed by atoms with Crippen molar-refractivity contribution in [1.82, 2.24) is 9.78 Å². The summed E-state index contributed by atoms with van der Waals surface area (Å²) in [6.07, 6.45) is 3.89. The van der Waals surface area contributed by atoms with Crippen LogP contribution in [0.1, 0.15) is 36.9 Å². The van der Waals surface area contributed by atoms with Crippen LogP contribution in [0.4, 0.5) is 11.5 Å². The van der Waals surface area contributed by atoms with E-state index in [0.717, 1.165) is 36.2 Å². The first-order valence-electron chi connectivity index (χ1n) is 10.8. The SMILES string of the molecule is Cc1cc(NC(=O)COC(=O)C2CCCCC2C(=O)N2CCc3ccccc32)n(C)n1. The summed E-state index contributed by atoms with van der Waals surface area (Å²) in [5.74, 6) is -1.29. The van der Waals surface area contributed by atoms with Gasteiger partial charge in [0.15, 0.2) is 6.61 Å². The molecule has 2 atom stereocenters. The van der Waals surface area contributed by atoms with Crippen molar-refractivity contribution in [3.05, 3.63) is 41.6 Å². The van der Waals surface area contributed by atoms with Crippen LogP contribution < -0.4 is 10.2 Å². The third-order valence-corrected chi connectivity index (χ3v) is 6.15. The second-order valence-electron chi connectivity index (χ2n) is 8.32. The van der Waals surface area contributed by atoms with Gasteiger partial charge in [-0.2, -0.15) is 5.10 Å². The van der Waals surface area contributed by atoms with Crippen molar-refractivity contribution in [2.75, 3.05) is 23.4 Å². The third-order valence-electron chi connectivity index (χ3n) is 6.15. The quantitative estimate of drug-likeness (QED) is 0.745. The Balaban J connectivity index is 1.38. The highest BCUT2D eigenvalue weighted by Crippen LogP contribution is 2.36. The third kappa shape index (κ3) is 4.47. The van der Waals surface area contributed by atoms with E-state index in [-0.39, 0.29) is 12.5 Å². The number of nitrogens with one attached hydrogen (secondary N) is 1. The van der Waals surface area contributed by atoms with Gasteiger partial charge in [0.2, 0.25) is 5.91 Å². The first-order valence-corrected chi connectivity index (χ1v) is 10.8. The first-order chi connectivity index (χ1) is 14.9. The molecule has 2 heterocycles. The molecule has 0 radical (unpaired) electrons. The fourth-order valence-corrected chi connectivity index (χ4v) is 4.63. The molecule has 1 aliphatic heterocycles. The number of anilines is 2. The molecule has 2 aromatic rings. The Morgan fingerprint density at radius 2 is 1.90 bits per heavy atom. The minimum atomic E-state index is -0.513. The fourth-order valence-electron chi connectivity index (χ4n) is 4.63. The zero-order valence-corrected chi connectivity index (χ0v) is 18.0. The molecule has 164 valence electrons. The maximum atomic E-state index is 13.3. The van der Waals surface area contributed by atoms with Gasteiger partial charge in [-0.15, -0.1) is 0 Å². The lowest BCUT2D eigenvalue weighted by molar-refractivity contribution is -0.156. The van der Waals surface area contributed by atoms with Gasteiger partial charge in [0.1, 0.15) is 5.82 Å². The molecule has 1 aliphatic carbocycles. The minimum Gasteiger partial charge on any atom is -0.455 e. The summed E-state index contributed by atoms with van der Waals surface area (Å²) in [4.78, 5) is 40.2. The van der Waals surface area contributed by atoms with E-state index in [9.17, 15) is 14.4 Å². The minimum absolute atomic E-state index is 0.0126. The zero-order chi connectivity index (χ0) is 22.0. The number of carbonyl (C=O) groups excluding carboxylic acids is 3. The van der Waals surface area contributed by atoms with Crippen LogP contribution in [0, 0.1) is 18.8 Å². The fraction of sp³-hybridized carbons (Fsp3) is 0.478. The van der Waals surface area contributed by atoms with Crippen LogP contribution in [0.5, 0.6) is 0 Å². The largest absolute Gasteiger partial charge is 0.455 e. The molecule has 31 heavy (non-hydrogen) atoms. The molecule has 1 saturated carbocycles. The number of hydrogen-bond donors (Lipinski definition) is 1. The zero-order valence-electron chi connectivity index (χ0n) is 18.0. The number of nitrogens with zero attached hydrogens (tertiary/aromatic N) is 3. The van der Waals surface area contributed by atoms with Crippen LogP contribution in [0.2, 0.25) is 0 Å². The van der Waals surface area contributed by atoms with Gasteiger partial charge in [0.25, 0.3) is 5.91 Å². The Bertz CT molecular complexity index is 999. The number of hydrogen-bond acceptors (Lipinski definition) is 5. The average molecular weight is 425 g/mol. The molecule has 8 nitrogen and oxygen atoms in total. The van der Waals surface area contributed by atoms with Gasteiger partial charge in [-0.25, -0.2) is 0 Å². The lowest BCUT2D eigenvalue weighted by atomic mass is 9.78. The smallest absolute Gasteiger partial charge is 0.310 e. The molecule has 8 heteroatoms. The predicted molar refractivity (Wildman–Crippen MR) is 115 cm³/mol. The predicted octanol–water partition coefficient (Wildman–Crippen LogP) is 2.61. The van der Waals surface area contributed by atoms with Crippen LogP contribution in [0.25, 0.3) is 0 Å². The number of ether oxygens (including phenoxy) is 1. The normalized spacial score (nSPS) is 20.3. The number of para-hydroxylation sites is 1. The number of esters is 1. The van der Waals surface area contributed by atoms with Crippen molar-refractivity contribution in [2.24, 2.45) is 18.9 Å². The number of aromatic nitrogens is 2. The van der Waals surface area contributed by atoms with Crippen LogP contribution in [0.15, 0.2) is 30.3 Å². The van der Waals surface area contributed by atoms with Gasteiger partial charge < -0.3 is 15.0 Å². The number of benzene rings is 1. The van der Waals surface area contributed by atoms with E-state index < -0.39 is 23.7 Å². The molecular weight excluding hydrogens is 396 g/mol. The summed E-state index contributed by atoms with van der Waals surface area (Å²) in [6.45, 7) is 2.09. The summed E-state index contributed by atoms with van der Waals surface area (Å²) >= 11 is 0. The van der Waals surface area contributed by atoms with Crippen molar-refractivity contribution >= 4 is 29.3 Å². The number of carbonyl (C=O) groups is 3. The molecule has 1 N–H and O–H groups in total. The highest BCUT2D eigenvalue weighted by Gasteiger charge is 2.40. The van der Waals surface area contributed by atoms with E-state index in [4.69, 9.17) is 4.74 Å². The molecule has 2 amide bonds. The molecular formula is C23H28N4O4. The standard InChI is InChI=1S/C23H28N4O4/c1-15-13-20(26(2)25-15)24-21(28)14-31-23(30)18-9-5-4-8-17(18)22(29)27-12-11-16-7-3-6-10-19(16)27/h3,6-7,10,13,17-18H,4-5,8-9,11-12,14H2,1-2H3,(H,24,28). The molecule has 1 aromatic heterocycles. The molecule has 4 rings (SSSR count). The molecule has 2 aliphatic rings. The van der Waals surface area contributed by atoms with Crippen molar-refractivity contribution in [3.8, 4) is 0 Å². The number of fused-ring (bicyclic) bond motifs is 1. The summed E-state index contributed by atoms with van der Waals surface area (Å²) in [6, 6.07) is 9.65. The van der Waals surface area contributed by atoms with Crippen LogP contribution >= 0.6 is 0 Å². The van der Waals surface area contributed by atoms with Crippen molar-refractivity contribution in [2.45, 2.75) is 39.0 Å². The Labute approximate surface area is 181 Å². The Hall–Kier alpha value is -3.16. The van der Waals surface area contributed by atoms with Crippen LogP contribution in [-0.2, 0) is 32.6 Å². The lowest BCUT2D eigenvalue weighted by Crippen LogP contribution is -2.42. The average Bonchev–Trinajstić information content (AvgIpc) is 3.34. The summed E-state index contributed by atoms with van der Waals surface area (Å²) < 4.78 is 6.88. The van der Waals surface area contributed by atoms with Crippen LogP contribution in [-0.4, -0.2) is 40.7 Å². The maximum absolute atomic E-state index is 13.3. The van der Waals surface area contributed by atoms with Gasteiger partial charge in [-0.1, -0.05) is 31.0 Å². The van der Waals surface area contributed by atoms with Crippen molar-refractivity contribution in [1.29, 1.82) is 0 Å². The highest BCUT2D eigenvalue weighted by molar-refractivity contribution is 5.99. The van der Waals surface area contributed by atoms with Gasteiger partial charge in [0, 0.05) is 25.3 Å². The molecule has 0 bridgehead atoms. The van der Waals surface area contributed by atoms with Gasteiger partial charge in [-0.3, -0.25) is 19.1 Å². The molecule has 2 unspecified atom stereocenters. The van der Waals surface area contributed by atoms with E-state index in [2.05, 4.69) is 10.4 Å². The second-order valence-corrected chi connectivity index (χ2v) is 8.32. The highest BCUT2D eigenvalue weighted by atomic mass is 16.5. The Morgan fingerprint density at radius 3 is 2.65 bits per heavy atom. The first kappa shape index (κ1) is 21.1. The summed E-state index contributed by atoms with van der Waals surface area (Å²) in [5, 5.41) is 6.86. The second kappa shape index (κ2) is 8.91. The van der Waals surface area contributed by atoms with Crippen LogP contribution in [0.3, 0.4) is 0 Å². The lowest BCUT2D eigenvalue weighted by Gasteiger charge is -2.32. The van der Waals surface area contributed by atoms with E-state index >= 15 is 0 Å². The number of amides is 2. The summed E-state index contributed by atoms with van der Waals surface area (Å²) in [7, 11) is 1.73. The number of aryl methyl sites for hydroxylation is 2. The molecule has 0 saturated heterocycles. The van der Waals surface area contributed by atoms with Crippen molar-refractivity contribution < 1.29 is 19.1 Å². The Morgan fingerprint density at radius 1 is 1.16 bits per heavy atom. The van der Waals surface area contributed by atoms with E-state index in [1.165, 1.54) is 0 Å². The topological polar surface area (TPSA) is 93.5 Å². The molecule has 1 aromatic carbocycles. The maximum Gasteiger partial charge on any atom is 0.310 e. The summed E-state index contributed by atoms with van der Waals surface area (Å²) in [5.41, 5.74) is 2.88. The molecule has 0 spiro atoms. The van der Waals surface area contributed by atoms with Gasteiger partial charge in [0.05, 0.1) is 17.5 Å². The van der Waals surface area contributed by atoms with Gasteiger partial charge in [-0.05, 0) is 37.8 Å². The van der Waals surface area contributed by atoms with Crippen molar-refractivity contribution in [3.63, 3.8) is 0 Å². The Kier molecular flexibility index (Phi) is 6.06. The molecule has 1 fully saturated rings. The van der Waals surface area contributed by atoms with Gasteiger partial charge >= 0.3 is 5.97 Å². The monoisotopic (exact) mass is 424 g/mol. The van der Waals surface area contributed by atoms with E-state index in [1.807, 2.05) is 36.1 Å². The number of rotatable bonds is 5. The van der Waals surface area contributed by atoms with E-state index in [1.54, 1.807) is 17.8 Å².